The second-order valence-corrected chi connectivity index (χ2v) is 7.06. The average molecular weight is 367 g/mol. The number of fused-ring (bicyclic) bond motifs is 2. The lowest BCUT2D eigenvalue weighted by atomic mass is 9.92. The van der Waals surface area contributed by atoms with Crippen molar-refractivity contribution in [1.29, 1.82) is 0 Å². The number of amides is 1. The molecule has 1 N–H and O–H groups in total. The maximum absolute atomic E-state index is 12.6. The van der Waals surface area contributed by atoms with Crippen molar-refractivity contribution in [1.82, 2.24) is 5.32 Å². The summed E-state index contributed by atoms with van der Waals surface area (Å²) in [5.74, 6) is 2.14. The molecule has 0 spiro atoms. The molecule has 5 nitrogen and oxygen atoms in total. The van der Waals surface area contributed by atoms with E-state index in [2.05, 4.69) is 17.4 Å². The molecule has 27 heavy (non-hydrogen) atoms. The van der Waals surface area contributed by atoms with Gasteiger partial charge in [0.25, 0.3) is 5.91 Å². The van der Waals surface area contributed by atoms with Crippen LogP contribution in [0.3, 0.4) is 0 Å². The highest BCUT2D eigenvalue weighted by Gasteiger charge is 2.20. The van der Waals surface area contributed by atoms with Gasteiger partial charge in [0.1, 0.15) is 5.75 Å². The van der Waals surface area contributed by atoms with Crippen molar-refractivity contribution < 1.29 is 19.0 Å². The van der Waals surface area contributed by atoms with E-state index in [0.717, 1.165) is 35.7 Å². The summed E-state index contributed by atoms with van der Waals surface area (Å²) in [6.45, 7) is 2.64. The van der Waals surface area contributed by atoms with Crippen LogP contribution in [-0.2, 0) is 24.2 Å². The Labute approximate surface area is 159 Å². The molecule has 0 saturated heterocycles. The van der Waals surface area contributed by atoms with E-state index in [1.54, 1.807) is 0 Å². The van der Waals surface area contributed by atoms with Gasteiger partial charge in [-0.3, -0.25) is 4.79 Å². The minimum absolute atomic E-state index is 0.104. The van der Waals surface area contributed by atoms with Crippen LogP contribution in [0, 0.1) is 0 Å². The molecule has 0 unspecified atom stereocenters. The van der Waals surface area contributed by atoms with Crippen LogP contribution in [0.25, 0.3) is 0 Å². The maximum Gasteiger partial charge on any atom is 0.261 e. The number of nitrogens with one attached hydrogen (secondary N) is 1. The number of ether oxygens (including phenoxy) is 3. The molecule has 2 aliphatic rings. The van der Waals surface area contributed by atoms with Gasteiger partial charge >= 0.3 is 0 Å². The molecule has 1 heterocycles. The van der Waals surface area contributed by atoms with Gasteiger partial charge in [-0.05, 0) is 73.1 Å². The Morgan fingerprint density at radius 1 is 1.07 bits per heavy atom. The number of carbonyl (C=O) groups is 1. The molecule has 1 atom stereocenters. The van der Waals surface area contributed by atoms with Crippen LogP contribution in [0.15, 0.2) is 36.4 Å². The van der Waals surface area contributed by atoms with Crippen LogP contribution in [0.1, 0.15) is 42.9 Å². The standard InChI is InChI=1S/C22H25NO4/c1-2-19(27-18-9-8-16-5-3-4-6-17(16)12-18)22(24)23-13-15-7-10-20-21(11-15)26-14-25-20/h7-12,19H,2-6,13-14H2,1H3,(H,23,24)/t19-/m1/s1. The minimum Gasteiger partial charge on any atom is -0.481 e. The van der Waals surface area contributed by atoms with E-state index in [0.29, 0.717) is 13.0 Å². The maximum atomic E-state index is 12.6. The zero-order chi connectivity index (χ0) is 18.6. The highest BCUT2D eigenvalue weighted by molar-refractivity contribution is 5.81. The highest BCUT2D eigenvalue weighted by Crippen LogP contribution is 2.32. The van der Waals surface area contributed by atoms with Crippen molar-refractivity contribution in [2.75, 3.05) is 6.79 Å². The third kappa shape index (κ3) is 4.02. The first-order valence-electron chi connectivity index (χ1n) is 9.67. The average Bonchev–Trinajstić information content (AvgIpc) is 3.18. The van der Waals surface area contributed by atoms with Gasteiger partial charge in [0, 0.05) is 6.54 Å². The first-order chi connectivity index (χ1) is 13.2. The van der Waals surface area contributed by atoms with E-state index >= 15 is 0 Å². The molecular formula is C22H25NO4. The molecule has 4 rings (SSSR count). The summed E-state index contributed by atoms with van der Waals surface area (Å²) < 4.78 is 16.7. The Morgan fingerprint density at radius 3 is 2.74 bits per heavy atom. The van der Waals surface area contributed by atoms with E-state index in [1.807, 2.05) is 31.2 Å². The SMILES string of the molecule is CC[C@@H](Oc1ccc2c(c1)CCCC2)C(=O)NCc1ccc2c(c1)OCO2. The molecule has 2 aromatic carbocycles. The Hall–Kier alpha value is -2.69. The van der Waals surface area contributed by atoms with Crippen LogP contribution in [-0.4, -0.2) is 18.8 Å². The predicted molar refractivity (Wildman–Crippen MR) is 102 cm³/mol. The molecular weight excluding hydrogens is 342 g/mol. The zero-order valence-corrected chi connectivity index (χ0v) is 15.6. The van der Waals surface area contributed by atoms with Gasteiger partial charge < -0.3 is 19.5 Å². The summed E-state index contributed by atoms with van der Waals surface area (Å²) in [5.41, 5.74) is 3.74. The molecule has 0 fully saturated rings. The fraction of sp³-hybridized carbons (Fsp3) is 0.409. The molecule has 1 aliphatic heterocycles. The van der Waals surface area contributed by atoms with E-state index in [-0.39, 0.29) is 12.7 Å². The fourth-order valence-corrected chi connectivity index (χ4v) is 3.62. The summed E-state index contributed by atoms with van der Waals surface area (Å²) in [7, 11) is 0. The van der Waals surface area contributed by atoms with Crippen molar-refractivity contribution >= 4 is 5.91 Å². The van der Waals surface area contributed by atoms with Crippen LogP contribution < -0.4 is 19.5 Å². The lowest BCUT2D eigenvalue weighted by Gasteiger charge is -2.20. The van der Waals surface area contributed by atoms with Gasteiger partial charge in [-0.25, -0.2) is 0 Å². The largest absolute Gasteiger partial charge is 0.481 e. The quantitative estimate of drug-likeness (QED) is 0.844. The number of hydrogen-bond acceptors (Lipinski definition) is 4. The minimum atomic E-state index is -0.499. The van der Waals surface area contributed by atoms with Crippen molar-refractivity contribution in [2.24, 2.45) is 0 Å². The van der Waals surface area contributed by atoms with Crippen LogP contribution in [0.2, 0.25) is 0 Å². The highest BCUT2D eigenvalue weighted by atomic mass is 16.7. The van der Waals surface area contributed by atoms with Crippen LogP contribution in [0.4, 0.5) is 0 Å². The summed E-state index contributed by atoms with van der Waals surface area (Å²) in [6.07, 6.45) is 4.84. The van der Waals surface area contributed by atoms with Crippen molar-refractivity contribution in [3.05, 3.63) is 53.1 Å². The van der Waals surface area contributed by atoms with Gasteiger partial charge in [-0.15, -0.1) is 0 Å². The lowest BCUT2D eigenvalue weighted by Crippen LogP contribution is -2.37. The molecule has 0 radical (unpaired) electrons. The molecule has 1 aliphatic carbocycles. The number of carbonyl (C=O) groups excluding carboxylic acids is 1. The second-order valence-electron chi connectivity index (χ2n) is 7.06. The van der Waals surface area contributed by atoms with Gasteiger partial charge in [0.15, 0.2) is 17.6 Å². The lowest BCUT2D eigenvalue weighted by molar-refractivity contribution is -0.128. The molecule has 142 valence electrons. The molecule has 5 heteroatoms. The van der Waals surface area contributed by atoms with E-state index in [4.69, 9.17) is 14.2 Å². The van der Waals surface area contributed by atoms with Gasteiger partial charge in [-0.2, -0.15) is 0 Å². The molecule has 2 aromatic rings. The summed E-state index contributed by atoms with van der Waals surface area (Å²) in [5, 5.41) is 2.96. The summed E-state index contributed by atoms with van der Waals surface area (Å²) >= 11 is 0. The summed E-state index contributed by atoms with van der Waals surface area (Å²) in [4.78, 5) is 12.6. The normalized spacial score (nSPS) is 15.7. The Kier molecular flexibility index (Phi) is 5.19. The third-order valence-electron chi connectivity index (χ3n) is 5.17. The first-order valence-corrected chi connectivity index (χ1v) is 9.67. The number of aryl methyl sites for hydroxylation is 2. The summed E-state index contributed by atoms with van der Waals surface area (Å²) in [6, 6.07) is 11.9. The monoisotopic (exact) mass is 367 g/mol. The number of benzene rings is 2. The number of hydrogen-bond donors (Lipinski definition) is 1. The van der Waals surface area contributed by atoms with Crippen molar-refractivity contribution in [3.63, 3.8) is 0 Å². The molecule has 0 saturated carbocycles. The Balaban J connectivity index is 1.36. The predicted octanol–water partition coefficient (Wildman–Crippen LogP) is 3.77. The van der Waals surface area contributed by atoms with Crippen molar-refractivity contribution in [3.8, 4) is 17.2 Å². The molecule has 0 bridgehead atoms. The van der Waals surface area contributed by atoms with Crippen LogP contribution in [0.5, 0.6) is 17.2 Å². The fourth-order valence-electron chi connectivity index (χ4n) is 3.62. The Bertz CT molecular complexity index is 833. The van der Waals surface area contributed by atoms with Gasteiger partial charge in [-0.1, -0.05) is 19.1 Å². The third-order valence-corrected chi connectivity index (χ3v) is 5.17. The Morgan fingerprint density at radius 2 is 1.89 bits per heavy atom. The van der Waals surface area contributed by atoms with E-state index < -0.39 is 6.10 Å². The number of rotatable bonds is 6. The first kappa shape index (κ1) is 17.7. The van der Waals surface area contributed by atoms with Crippen molar-refractivity contribution in [2.45, 2.75) is 51.7 Å². The van der Waals surface area contributed by atoms with E-state index in [9.17, 15) is 4.79 Å². The zero-order valence-electron chi connectivity index (χ0n) is 15.6. The molecule has 0 aromatic heterocycles. The van der Waals surface area contributed by atoms with Gasteiger partial charge in [0.2, 0.25) is 6.79 Å². The second kappa shape index (κ2) is 7.91. The van der Waals surface area contributed by atoms with Gasteiger partial charge in [0.05, 0.1) is 0 Å². The van der Waals surface area contributed by atoms with Crippen LogP contribution >= 0.6 is 0 Å². The van der Waals surface area contributed by atoms with E-state index in [1.165, 1.54) is 24.0 Å². The molecule has 1 amide bonds. The topological polar surface area (TPSA) is 56.8 Å². The smallest absolute Gasteiger partial charge is 0.261 e.